The maximum atomic E-state index is 6.22. The third-order valence-electron chi connectivity index (χ3n) is 7.12. The average molecular weight is 303 g/mol. The topological polar surface area (TPSA) is 26.0 Å². The first-order chi connectivity index (χ1) is 11.2. The lowest BCUT2D eigenvalue weighted by Gasteiger charge is -2.55. The summed E-state index contributed by atoms with van der Waals surface area (Å²) in [7, 11) is 0. The van der Waals surface area contributed by atoms with Crippen LogP contribution in [0.1, 0.15) is 61.6 Å². The van der Waals surface area contributed by atoms with Crippen molar-refractivity contribution >= 4 is 5.69 Å². The van der Waals surface area contributed by atoms with Crippen LogP contribution < -0.4 is 5.73 Å². The molecule has 3 aliphatic rings. The second-order valence-electron chi connectivity index (χ2n) is 8.08. The molecule has 0 aliphatic heterocycles. The minimum atomic E-state index is 0.344. The number of fused-ring (bicyclic) bond motifs is 3. The number of nitrogens with two attached hydrogens (primary N) is 1. The van der Waals surface area contributed by atoms with Gasteiger partial charge in [0.2, 0.25) is 0 Å². The Kier molecular flexibility index (Phi) is 2.62. The fourth-order valence-electron chi connectivity index (χ4n) is 6.29. The van der Waals surface area contributed by atoms with E-state index < -0.39 is 0 Å². The van der Waals surface area contributed by atoms with Crippen molar-refractivity contribution in [3.63, 3.8) is 0 Å². The summed E-state index contributed by atoms with van der Waals surface area (Å²) < 4.78 is 0. The Balaban J connectivity index is 1.92. The second kappa shape index (κ2) is 4.41. The Morgan fingerprint density at radius 1 is 0.739 bits per heavy atom. The summed E-state index contributed by atoms with van der Waals surface area (Å²) >= 11 is 0. The zero-order valence-electron chi connectivity index (χ0n) is 14.0. The van der Waals surface area contributed by atoms with Crippen molar-refractivity contribution in [1.82, 2.24) is 0 Å². The van der Waals surface area contributed by atoms with Gasteiger partial charge in [0.25, 0.3) is 0 Å². The molecule has 0 spiro atoms. The van der Waals surface area contributed by atoms with Gasteiger partial charge in [-0.25, -0.2) is 0 Å². The predicted molar refractivity (Wildman–Crippen MR) is 96.7 cm³/mol. The maximum absolute atomic E-state index is 6.22. The Hall–Kier alpha value is -1.76. The molecule has 2 aromatic rings. The minimum Gasteiger partial charge on any atom is -0.399 e. The number of hydrogen-bond donors (Lipinski definition) is 1. The molecule has 23 heavy (non-hydrogen) atoms. The lowest BCUT2D eigenvalue weighted by atomic mass is 9.48. The molecule has 5 rings (SSSR count). The number of aryl methyl sites for hydroxylation is 1. The number of anilines is 1. The van der Waals surface area contributed by atoms with Crippen LogP contribution in [0.15, 0.2) is 36.4 Å². The van der Waals surface area contributed by atoms with E-state index >= 15 is 0 Å². The smallest absolute Gasteiger partial charge is 0.0317 e. The fourth-order valence-corrected chi connectivity index (χ4v) is 6.29. The summed E-state index contributed by atoms with van der Waals surface area (Å²) in [5.41, 5.74) is 15.4. The lowest BCUT2D eigenvalue weighted by molar-refractivity contribution is 0.168. The molecule has 0 heterocycles. The highest BCUT2D eigenvalue weighted by atomic mass is 14.6. The SMILES string of the molecule is Cc1ccc2c(c1)C13CCCCC1(CCC3)c1cc(N)ccc1-2. The first-order valence-electron chi connectivity index (χ1n) is 9.18. The van der Waals surface area contributed by atoms with Crippen LogP contribution in [0.3, 0.4) is 0 Å². The summed E-state index contributed by atoms with van der Waals surface area (Å²) in [5, 5.41) is 0. The van der Waals surface area contributed by atoms with Crippen molar-refractivity contribution < 1.29 is 0 Å². The van der Waals surface area contributed by atoms with E-state index in [1.165, 1.54) is 61.6 Å². The molecule has 2 fully saturated rings. The molecule has 118 valence electrons. The molecule has 2 aromatic carbocycles. The highest BCUT2D eigenvalue weighted by Gasteiger charge is 2.60. The van der Waals surface area contributed by atoms with Crippen molar-refractivity contribution in [3.05, 3.63) is 53.1 Å². The summed E-state index contributed by atoms with van der Waals surface area (Å²) in [6, 6.07) is 13.8. The van der Waals surface area contributed by atoms with Gasteiger partial charge in [-0.15, -0.1) is 0 Å². The van der Waals surface area contributed by atoms with Crippen molar-refractivity contribution in [2.45, 2.75) is 62.7 Å². The van der Waals surface area contributed by atoms with E-state index in [-0.39, 0.29) is 0 Å². The minimum absolute atomic E-state index is 0.344. The maximum Gasteiger partial charge on any atom is 0.0317 e. The van der Waals surface area contributed by atoms with Crippen LogP contribution in [0.25, 0.3) is 11.1 Å². The van der Waals surface area contributed by atoms with E-state index in [0.717, 1.165) is 5.69 Å². The molecule has 2 unspecified atom stereocenters. The summed E-state index contributed by atoms with van der Waals surface area (Å²) in [4.78, 5) is 0. The molecule has 3 aliphatic carbocycles. The van der Waals surface area contributed by atoms with Crippen LogP contribution in [0.5, 0.6) is 0 Å². The van der Waals surface area contributed by atoms with Crippen molar-refractivity contribution in [1.29, 1.82) is 0 Å². The zero-order chi connectivity index (χ0) is 15.7. The quantitative estimate of drug-likeness (QED) is 0.640. The number of rotatable bonds is 0. The molecule has 0 aromatic heterocycles. The van der Waals surface area contributed by atoms with Crippen molar-refractivity contribution in [3.8, 4) is 11.1 Å². The van der Waals surface area contributed by atoms with E-state index in [1.807, 2.05) is 0 Å². The van der Waals surface area contributed by atoms with Crippen LogP contribution in [0.2, 0.25) is 0 Å². The number of benzene rings is 2. The van der Waals surface area contributed by atoms with Crippen LogP contribution in [0, 0.1) is 6.92 Å². The van der Waals surface area contributed by atoms with Crippen LogP contribution in [-0.2, 0) is 10.8 Å². The highest BCUT2D eigenvalue weighted by Crippen LogP contribution is 2.67. The van der Waals surface area contributed by atoms with Crippen molar-refractivity contribution in [2.24, 2.45) is 0 Å². The average Bonchev–Trinajstić information content (AvgIpc) is 2.97. The first-order valence-corrected chi connectivity index (χ1v) is 9.18. The molecule has 0 bridgehead atoms. The van der Waals surface area contributed by atoms with Gasteiger partial charge in [0.05, 0.1) is 0 Å². The second-order valence-corrected chi connectivity index (χ2v) is 8.08. The van der Waals surface area contributed by atoms with E-state index in [4.69, 9.17) is 5.73 Å². The molecular formula is C22H25N. The molecule has 0 radical (unpaired) electrons. The zero-order valence-corrected chi connectivity index (χ0v) is 14.0. The summed E-state index contributed by atoms with van der Waals surface area (Å²) in [6.45, 7) is 2.24. The van der Waals surface area contributed by atoms with Crippen LogP contribution in [0.4, 0.5) is 5.69 Å². The molecule has 2 atom stereocenters. The third-order valence-corrected chi connectivity index (χ3v) is 7.12. The number of nitrogen functional groups attached to an aromatic ring is 1. The van der Waals surface area contributed by atoms with Gasteiger partial charge in [0.1, 0.15) is 0 Å². The monoisotopic (exact) mass is 303 g/mol. The molecule has 0 amide bonds. The molecule has 2 N–H and O–H groups in total. The molecular weight excluding hydrogens is 278 g/mol. The molecule has 1 heteroatoms. The van der Waals surface area contributed by atoms with Gasteiger partial charge in [0.15, 0.2) is 0 Å². The van der Waals surface area contributed by atoms with E-state index in [1.54, 1.807) is 11.1 Å². The summed E-state index contributed by atoms with van der Waals surface area (Å²) in [6.07, 6.45) is 9.52. The molecule has 0 saturated heterocycles. The van der Waals surface area contributed by atoms with Gasteiger partial charge in [-0.2, -0.15) is 0 Å². The normalized spacial score (nSPS) is 31.0. The Morgan fingerprint density at radius 3 is 2.00 bits per heavy atom. The van der Waals surface area contributed by atoms with E-state index in [0.29, 0.717) is 10.8 Å². The standard InChI is InChI=1S/C22H25N/c1-15-5-7-17-18-8-6-16(23)14-20(18)22-10-3-2-9-21(22,11-4-12-22)19(17)13-15/h5-8,13-14H,2-4,9-12,23H2,1H3. The summed E-state index contributed by atoms with van der Waals surface area (Å²) in [5.74, 6) is 0. The van der Waals surface area contributed by atoms with Gasteiger partial charge in [-0.05, 0) is 67.0 Å². The highest BCUT2D eigenvalue weighted by molar-refractivity contribution is 5.80. The van der Waals surface area contributed by atoms with Crippen LogP contribution >= 0.6 is 0 Å². The Morgan fingerprint density at radius 2 is 1.30 bits per heavy atom. The lowest BCUT2D eigenvalue weighted by Crippen LogP contribution is -2.50. The van der Waals surface area contributed by atoms with Gasteiger partial charge < -0.3 is 5.73 Å². The van der Waals surface area contributed by atoms with Gasteiger partial charge >= 0.3 is 0 Å². The first kappa shape index (κ1) is 13.7. The molecule has 1 nitrogen and oxygen atoms in total. The third kappa shape index (κ3) is 1.53. The Labute approximate surface area is 138 Å². The fraction of sp³-hybridized carbons (Fsp3) is 0.455. The molecule has 2 saturated carbocycles. The van der Waals surface area contributed by atoms with Gasteiger partial charge in [0, 0.05) is 16.5 Å². The largest absolute Gasteiger partial charge is 0.399 e. The Bertz CT molecular complexity index is 738. The predicted octanol–water partition coefficient (Wildman–Crippen LogP) is 5.49. The number of hydrogen-bond acceptors (Lipinski definition) is 1. The van der Waals surface area contributed by atoms with E-state index in [9.17, 15) is 0 Å². The van der Waals surface area contributed by atoms with Crippen LogP contribution in [-0.4, -0.2) is 0 Å². The van der Waals surface area contributed by atoms with E-state index in [2.05, 4.69) is 43.3 Å². The van der Waals surface area contributed by atoms with Crippen molar-refractivity contribution in [2.75, 3.05) is 5.73 Å². The van der Waals surface area contributed by atoms with Gasteiger partial charge in [-0.3, -0.25) is 0 Å². The van der Waals surface area contributed by atoms with Gasteiger partial charge in [-0.1, -0.05) is 49.1 Å².